The van der Waals surface area contributed by atoms with Gasteiger partial charge in [-0.05, 0) is 60.7 Å². The lowest BCUT2D eigenvalue weighted by Gasteiger charge is -2.12. The third-order valence-corrected chi connectivity index (χ3v) is 5.13. The first-order valence-corrected chi connectivity index (χ1v) is 9.51. The van der Waals surface area contributed by atoms with Gasteiger partial charge in [-0.25, -0.2) is 4.90 Å². The molecule has 0 N–H and O–H groups in total. The molecule has 134 valence electrons. The number of imide groups is 1. The molecule has 1 fully saturated rings. The van der Waals surface area contributed by atoms with E-state index in [0.717, 1.165) is 16.7 Å². The molecule has 0 radical (unpaired) electrons. The summed E-state index contributed by atoms with van der Waals surface area (Å²) in [6.07, 6.45) is 1.57. The summed E-state index contributed by atoms with van der Waals surface area (Å²) in [5, 5.41) is 0.710. The maximum absolute atomic E-state index is 12.7. The Hall–Kier alpha value is -1.66. The van der Waals surface area contributed by atoms with Crippen LogP contribution in [-0.2, 0) is 4.79 Å². The molecular weight excluding hydrogens is 417 g/mol. The second-order valence-corrected chi connectivity index (χ2v) is 7.49. The van der Waals surface area contributed by atoms with E-state index in [-0.39, 0.29) is 4.91 Å². The first kappa shape index (κ1) is 19.1. The number of amides is 2. The van der Waals surface area contributed by atoms with Crippen LogP contribution in [0.5, 0.6) is 5.75 Å². The number of ether oxygens (including phenoxy) is 1. The van der Waals surface area contributed by atoms with Crippen molar-refractivity contribution in [2.75, 3.05) is 11.5 Å². The van der Waals surface area contributed by atoms with Crippen LogP contribution in [0.15, 0.2) is 41.3 Å². The van der Waals surface area contributed by atoms with Gasteiger partial charge in [0.1, 0.15) is 0 Å². The summed E-state index contributed by atoms with van der Waals surface area (Å²) in [5.41, 5.74) is 1.02. The van der Waals surface area contributed by atoms with E-state index in [2.05, 4.69) is 0 Å². The zero-order valence-corrected chi connectivity index (χ0v) is 16.5. The molecule has 4 nitrogen and oxygen atoms in total. The van der Waals surface area contributed by atoms with Crippen molar-refractivity contribution in [1.29, 1.82) is 0 Å². The molecule has 0 unspecified atom stereocenters. The number of thioether (sulfide) groups is 1. The molecular formula is C18H12Cl3NO3S. The van der Waals surface area contributed by atoms with E-state index in [9.17, 15) is 9.59 Å². The quantitative estimate of drug-likeness (QED) is 0.537. The standard InChI is InChI=1S/C18H12Cl3NO3S/c1-2-25-16-13(20)6-10(7-14(16)21)8-15-17(23)22(18(24)26-15)12-5-3-4-11(19)9-12/h3-9H,2H2,1H3/b15-8+. The van der Waals surface area contributed by atoms with Crippen molar-refractivity contribution in [3.63, 3.8) is 0 Å². The van der Waals surface area contributed by atoms with E-state index >= 15 is 0 Å². The Morgan fingerprint density at radius 1 is 1.12 bits per heavy atom. The number of carbonyl (C=O) groups is 2. The summed E-state index contributed by atoms with van der Waals surface area (Å²) < 4.78 is 5.39. The highest BCUT2D eigenvalue weighted by atomic mass is 35.5. The highest BCUT2D eigenvalue weighted by Gasteiger charge is 2.36. The molecule has 3 rings (SSSR count). The molecule has 1 aliphatic rings. The van der Waals surface area contributed by atoms with E-state index in [1.54, 1.807) is 42.5 Å². The van der Waals surface area contributed by atoms with Crippen LogP contribution in [-0.4, -0.2) is 17.8 Å². The van der Waals surface area contributed by atoms with E-state index in [1.807, 2.05) is 6.92 Å². The number of nitrogens with zero attached hydrogens (tertiary/aromatic N) is 1. The Balaban J connectivity index is 1.93. The zero-order valence-electron chi connectivity index (χ0n) is 13.5. The number of anilines is 1. The van der Waals surface area contributed by atoms with Crippen molar-refractivity contribution in [2.24, 2.45) is 0 Å². The van der Waals surface area contributed by atoms with Crippen LogP contribution in [0.3, 0.4) is 0 Å². The van der Waals surface area contributed by atoms with Crippen LogP contribution in [0.1, 0.15) is 12.5 Å². The highest BCUT2D eigenvalue weighted by Crippen LogP contribution is 2.39. The lowest BCUT2D eigenvalue weighted by Crippen LogP contribution is -2.27. The second kappa shape index (κ2) is 7.92. The molecule has 0 spiro atoms. The van der Waals surface area contributed by atoms with Crippen molar-refractivity contribution < 1.29 is 14.3 Å². The first-order valence-electron chi connectivity index (χ1n) is 7.56. The Labute approximate surface area is 169 Å². The third kappa shape index (κ3) is 3.86. The summed E-state index contributed by atoms with van der Waals surface area (Å²) >= 11 is 19.2. The third-order valence-electron chi connectivity index (χ3n) is 3.47. The summed E-state index contributed by atoms with van der Waals surface area (Å²) in [6, 6.07) is 9.82. The van der Waals surface area contributed by atoms with Crippen LogP contribution in [0, 0.1) is 0 Å². The van der Waals surface area contributed by atoms with E-state index in [4.69, 9.17) is 39.5 Å². The number of carbonyl (C=O) groups excluding carboxylic acids is 2. The van der Waals surface area contributed by atoms with Crippen molar-refractivity contribution in [3.8, 4) is 5.75 Å². The normalized spacial score (nSPS) is 15.8. The van der Waals surface area contributed by atoms with Crippen LogP contribution in [0.4, 0.5) is 10.5 Å². The number of rotatable bonds is 4. The molecule has 0 atom stereocenters. The molecule has 2 amide bonds. The van der Waals surface area contributed by atoms with Gasteiger partial charge in [0.25, 0.3) is 11.1 Å². The van der Waals surface area contributed by atoms with Crippen LogP contribution in [0.25, 0.3) is 6.08 Å². The summed E-state index contributed by atoms with van der Waals surface area (Å²) in [6.45, 7) is 2.25. The average molecular weight is 429 g/mol. The predicted octanol–water partition coefficient (Wildman–Crippen LogP) is 6.29. The molecule has 0 saturated carbocycles. The fourth-order valence-corrected chi connectivity index (χ4v) is 4.04. The van der Waals surface area contributed by atoms with Gasteiger partial charge in [0.05, 0.1) is 27.2 Å². The van der Waals surface area contributed by atoms with Crippen molar-refractivity contribution >= 4 is 69.5 Å². The van der Waals surface area contributed by atoms with Crippen molar-refractivity contribution in [3.05, 3.63) is 61.9 Å². The number of benzene rings is 2. The molecule has 0 aromatic heterocycles. The van der Waals surface area contributed by atoms with Crippen LogP contribution in [0.2, 0.25) is 15.1 Å². The van der Waals surface area contributed by atoms with Gasteiger partial charge < -0.3 is 4.74 Å². The summed E-state index contributed by atoms with van der Waals surface area (Å²) in [7, 11) is 0. The van der Waals surface area contributed by atoms with Crippen molar-refractivity contribution in [1.82, 2.24) is 0 Å². The van der Waals surface area contributed by atoms with Gasteiger partial charge in [0.2, 0.25) is 0 Å². The topological polar surface area (TPSA) is 46.6 Å². The molecule has 8 heteroatoms. The molecule has 2 aromatic rings. The van der Waals surface area contributed by atoms with Gasteiger partial charge in [0, 0.05) is 5.02 Å². The number of halogens is 3. The van der Waals surface area contributed by atoms with Gasteiger partial charge >= 0.3 is 0 Å². The number of hydrogen-bond acceptors (Lipinski definition) is 4. The SMILES string of the molecule is CCOc1c(Cl)cc(/C=C2/SC(=O)N(c3cccc(Cl)c3)C2=O)cc1Cl. The molecule has 26 heavy (non-hydrogen) atoms. The fraction of sp³-hybridized carbons (Fsp3) is 0.111. The Bertz CT molecular complexity index is 907. The lowest BCUT2D eigenvalue weighted by atomic mass is 10.2. The fourth-order valence-electron chi connectivity index (χ4n) is 2.40. The maximum Gasteiger partial charge on any atom is 0.298 e. The predicted molar refractivity (Wildman–Crippen MR) is 108 cm³/mol. The van der Waals surface area contributed by atoms with E-state index in [0.29, 0.717) is 38.7 Å². The van der Waals surface area contributed by atoms with Gasteiger partial charge in [-0.3, -0.25) is 9.59 Å². The average Bonchev–Trinajstić information content (AvgIpc) is 2.85. The van der Waals surface area contributed by atoms with Crippen LogP contribution >= 0.6 is 46.6 Å². The summed E-state index contributed by atoms with van der Waals surface area (Å²) in [5.74, 6) is -0.0385. The minimum absolute atomic E-state index is 0.270. The molecule has 1 saturated heterocycles. The number of hydrogen-bond donors (Lipinski definition) is 0. The molecule has 1 aliphatic heterocycles. The van der Waals surface area contributed by atoms with Gasteiger partial charge in [0.15, 0.2) is 5.75 Å². The Morgan fingerprint density at radius 2 is 1.81 bits per heavy atom. The maximum atomic E-state index is 12.7. The van der Waals surface area contributed by atoms with Gasteiger partial charge in [-0.2, -0.15) is 0 Å². The zero-order chi connectivity index (χ0) is 18.8. The Kier molecular flexibility index (Phi) is 5.82. The van der Waals surface area contributed by atoms with Gasteiger partial charge in [-0.15, -0.1) is 0 Å². The molecule has 2 aromatic carbocycles. The van der Waals surface area contributed by atoms with Gasteiger partial charge in [-0.1, -0.05) is 40.9 Å². The van der Waals surface area contributed by atoms with Crippen molar-refractivity contribution in [2.45, 2.75) is 6.92 Å². The first-order chi connectivity index (χ1) is 12.4. The van der Waals surface area contributed by atoms with E-state index < -0.39 is 11.1 Å². The minimum atomic E-state index is -0.427. The van der Waals surface area contributed by atoms with E-state index in [1.165, 1.54) is 0 Å². The minimum Gasteiger partial charge on any atom is -0.491 e. The summed E-state index contributed by atoms with van der Waals surface area (Å²) in [4.78, 5) is 26.3. The smallest absolute Gasteiger partial charge is 0.298 e. The largest absolute Gasteiger partial charge is 0.491 e. The lowest BCUT2D eigenvalue weighted by molar-refractivity contribution is -0.113. The second-order valence-electron chi connectivity index (χ2n) is 5.24. The molecule has 0 aliphatic carbocycles. The monoisotopic (exact) mass is 427 g/mol. The van der Waals surface area contributed by atoms with Crippen LogP contribution < -0.4 is 9.64 Å². The molecule has 1 heterocycles. The molecule has 0 bridgehead atoms. The highest BCUT2D eigenvalue weighted by molar-refractivity contribution is 8.19. The Morgan fingerprint density at radius 3 is 2.42 bits per heavy atom.